The van der Waals surface area contributed by atoms with Gasteiger partial charge < -0.3 is 5.32 Å². The lowest BCUT2D eigenvalue weighted by Crippen LogP contribution is -2.31. The van der Waals surface area contributed by atoms with Gasteiger partial charge in [-0.2, -0.15) is 13.2 Å². The number of carbonyl (C=O) groups excluding carboxylic acids is 1. The van der Waals surface area contributed by atoms with E-state index >= 15 is 0 Å². The number of rotatable bonds is 2. The second-order valence-electron chi connectivity index (χ2n) is 5.55. The van der Waals surface area contributed by atoms with Gasteiger partial charge in [-0.05, 0) is 42.5 Å². The molecule has 1 amide bonds. The molecule has 1 aromatic carbocycles. The fraction of sp³-hybridized carbons (Fsp3) is 0.294. The fourth-order valence-electron chi connectivity index (χ4n) is 2.84. The Morgan fingerprint density at radius 3 is 2.65 bits per heavy atom. The summed E-state index contributed by atoms with van der Waals surface area (Å²) < 4.78 is 37.5. The van der Waals surface area contributed by atoms with Crippen LogP contribution in [0.2, 0.25) is 0 Å². The lowest BCUT2D eigenvalue weighted by Gasteiger charge is -2.26. The van der Waals surface area contributed by atoms with Crippen LogP contribution < -0.4 is 5.32 Å². The normalized spacial score (nSPS) is 17.4. The molecule has 3 nitrogen and oxygen atoms in total. The molecule has 1 atom stereocenters. The Kier molecular flexibility index (Phi) is 4.07. The molecule has 6 heteroatoms. The van der Waals surface area contributed by atoms with Gasteiger partial charge in [-0.15, -0.1) is 0 Å². The highest BCUT2D eigenvalue weighted by molar-refractivity contribution is 5.94. The standard InChI is InChI=1S/C17H15F3N2O/c18-17(19,20)15-9-8-12(10-21-15)16(23)22-14-7-3-5-11-4-1-2-6-13(11)14/h1-2,4,6,8-10,14H,3,5,7H2,(H,22,23). The maximum atomic E-state index is 12.5. The minimum atomic E-state index is -4.50. The lowest BCUT2D eigenvalue weighted by molar-refractivity contribution is -0.141. The average molecular weight is 320 g/mol. The summed E-state index contributed by atoms with van der Waals surface area (Å²) >= 11 is 0. The van der Waals surface area contributed by atoms with Crippen LogP contribution in [0.15, 0.2) is 42.6 Å². The van der Waals surface area contributed by atoms with Crippen LogP contribution >= 0.6 is 0 Å². The van der Waals surface area contributed by atoms with E-state index < -0.39 is 17.8 Å². The Balaban J connectivity index is 1.75. The van der Waals surface area contributed by atoms with Gasteiger partial charge in [0.25, 0.3) is 5.91 Å². The zero-order valence-electron chi connectivity index (χ0n) is 12.2. The van der Waals surface area contributed by atoms with Gasteiger partial charge in [-0.25, -0.2) is 0 Å². The van der Waals surface area contributed by atoms with Crippen LogP contribution in [0, 0.1) is 0 Å². The number of amides is 1. The topological polar surface area (TPSA) is 42.0 Å². The molecule has 0 bridgehead atoms. The highest BCUT2D eigenvalue weighted by Crippen LogP contribution is 2.30. The number of nitrogens with zero attached hydrogens (tertiary/aromatic N) is 1. The predicted molar refractivity (Wildman–Crippen MR) is 78.8 cm³/mol. The molecule has 0 spiro atoms. The smallest absolute Gasteiger partial charge is 0.345 e. The van der Waals surface area contributed by atoms with Crippen LogP contribution in [0.5, 0.6) is 0 Å². The highest BCUT2D eigenvalue weighted by atomic mass is 19.4. The molecular weight excluding hydrogens is 305 g/mol. The second kappa shape index (κ2) is 6.02. The molecule has 1 aromatic heterocycles. The van der Waals surface area contributed by atoms with E-state index in [2.05, 4.69) is 10.3 Å². The molecule has 120 valence electrons. The van der Waals surface area contributed by atoms with Crippen molar-refractivity contribution < 1.29 is 18.0 Å². The first-order valence-electron chi connectivity index (χ1n) is 7.37. The third-order valence-electron chi connectivity index (χ3n) is 3.99. The number of pyridine rings is 1. The summed E-state index contributed by atoms with van der Waals surface area (Å²) in [6.07, 6.45) is -0.779. The van der Waals surface area contributed by atoms with Gasteiger partial charge >= 0.3 is 6.18 Å². The van der Waals surface area contributed by atoms with Crippen molar-refractivity contribution >= 4 is 5.91 Å². The largest absolute Gasteiger partial charge is 0.433 e. The number of hydrogen-bond acceptors (Lipinski definition) is 2. The molecule has 0 saturated heterocycles. The quantitative estimate of drug-likeness (QED) is 0.911. The zero-order chi connectivity index (χ0) is 16.4. The Labute approximate surface area is 131 Å². The van der Waals surface area contributed by atoms with E-state index in [4.69, 9.17) is 0 Å². The molecule has 1 unspecified atom stereocenters. The SMILES string of the molecule is O=C(NC1CCCc2ccccc21)c1ccc(C(F)(F)F)nc1. The summed E-state index contributed by atoms with van der Waals surface area (Å²) in [5.41, 5.74) is 1.40. The molecule has 0 fully saturated rings. The van der Waals surface area contributed by atoms with Crippen molar-refractivity contribution in [2.75, 3.05) is 0 Å². The van der Waals surface area contributed by atoms with E-state index in [1.54, 1.807) is 0 Å². The van der Waals surface area contributed by atoms with Crippen molar-refractivity contribution in [1.29, 1.82) is 0 Å². The van der Waals surface area contributed by atoms with Gasteiger partial charge in [0, 0.05) is 6.20 Å². The number of aromatic nitrogens is 1. The molecule has 2 aromatic rings. The van der Waals surface area contributed by atoms with E-state index in [1.807, 2.05) is 24.3 Å². The Hall–Kier alpha value is -2.37. The first-order valence-corrected chi connectivity index (χ1v) is 7.37. The summed E-state index contributed by atoms with van der Waals surface area (Å²) in [4.78, 5) is 15.6. The van der Waals surface area contributed by atoms with Crippen molar-refractivity contribution in [2.45, 2.75) is 31.5 Å². The number of benzene rings is 1. The van der Waals surface area contributed by atoms with Crippen LogP contribution in [0.1, 0.15) is 46.1 Å². The van der Waals surface area contributed by atoms with Gasteiger partial charge in [0.15, 0.2) is 0 Å². The van der Waals surface area contributed by atoms with Crippen molar-refractivity contribution in [3.8, 4) is 0 Å². The van der Waals surface area contributed by atoms with Crippen molar-refractivity contribution in [3.05, 3.63) is 65.0 Å². The minimum Gasteiger partial charge on any atom is -0.345 e. The molecule has 1 aliphatic rings. The number of carbonyl (C=O) groups is 1. The fourth-order valence-corrected chi connectivity index (χ4v) is 2.84. The van der Waals surface area contributed by atoms with Gasteiger partial charge in [0.2, 0.25) is 0 Å². The summed E-state index contributed by atoms with van der Waals surface area (Å²) in [6, 6.07) is 9.75. The summed E-state index contributed by atoms with van der Waals surface area (Å²) in [5, 5.41) is 2.89. The first-order chi connectivity index (χ1) is 10.9. The van der Waals surface area contributed by atoms with Gasteiger partial charge in [-0.3, -0.25) is 9.78 Å². The molecular formula is C17H15F3N2O. The molecule has 1 aliphatic carbocycles. The maximum Gasteiger partial charge on any atom is 0.433 e. The molecule has 1 heterocycles. The molecule has 0 radical (unpaired) electrons. The number of aryl methyl sites for hydroxylation is 1. The van der Waals surface area contributed by atoms with Crippen molar-refractivity contribution in [2.24, 2.45) is 0 Å². The van der Waals surface area contributed by atoms with Crippen LogP contribution in [0.4, 0.5) is 13.2 Å². The Bertz CT molecular complexity index is 711. The van der Waals surface area contributed by atoms with E-state index in [1.165, 1.54) is 5.56 Å². The van der Waals surface area contributed by atoms with Crippen molar-refractivity contribution in [3.63, 3.8) is 0 Å². The lowest BCUT2D eigenvalue weighted by atomic mass is 9.87. The Morgan fingerprint density at radius 1 is 1.17 bits per heavy atom. The molecule has 0 saturated carbocycles. The second-order valence-corrected chi connectivity index (χ2v) is 5.55. The number of nitrogens with one attached hydrogen (secondary N) is 1. The number of alkyl halides is 3. The first kappa shape index (κ1) is 15.5. The summed E-state index contributed by atoms with van der Waals surface area (Å²) in [5.74, 6) is -0.409. The molecule has 0 aliphatic heterocycles. The Morgan fingerprint density at radius 2 is 1.96 bits per heavy atom. The minimum absolute atomic E-state index is 0.116. The van der Waals surface area contributed by atoms with Crippen LogP contribution in [-0.4, -0.2) is 10.9 Å². The van der Waals surface area contributed by atoms with E-state index in [0.717, 1.165) is 43.2 Å². The van der Waals surface area contributed by atoms with E-state index in [0.29, 0.717) is 0 Å². The molecule has 1 N–H and O–H groups in total. The van der Waals surface area contributed by atoms with Gasteiger partial charge in [-0.1, -0.05) is 24.3 Å². The van der Waals surface area contributed by atoms with E-state index in [-0.39, 0.29) is 11.6 Å². The number of hydrogen-bond donors (Lipinski definition) is 1. The van der Waals surface area contributed by atoms with Crippen LogP contribution in [0.3, 0.4) is 0 Å². The summed E-state index contributed by atoms with van der Waals surface area (Å²) in [6.45, 7) is 0. The zero-order valence-corrected chi connectivity index (χ0v) is 12.2. The third-order valence-corrected chi connectivity index (χ3v) is 3.99. The average Bonchev–Trinajstić information content (AvgIpc) is 2.54. The molecule has 23 heavy (non-hydrogen) atoms. The third kappa shape index (κ3) is 3.36. The maximum absolute atomic E-state index is 12.5. The summed E-state index contributed by atoms with van der Waals surface area (Å²) in [7, 11) is 0. The van der Waals surface area contributed by atoms with Crippen LogP contribution in [0.25, 0.3) is 0 Å². The number of fused-ring (bicyclic) bond motifs is 1. The monoisotopic (exact) mass is 320 g/mol. The van der Waals surface area contributed by atoms with Gasteiger partial charge in [0.05, 0.1) is 11.6 Å². The van der Waals surface area contributed by atoms with Crippen molar-refractivity contribution in [1.82, 2.24) is 10.3 Å². The van der Waals surface area contributed by atoms with E-state index in [9.17, 15) is 18.0 Å². The van der Waals surface area contributed by atoms with Gasteiger partial charge in [0.1, 0.15) is 5.69 Å². The molecule has 3 rings (SSSR count). The number of halogens is 3. The highest BCUT2D eigenvalue weighted by Gasteiger charge is 2.32. The van der Waals surface area contributed by atoms with Crippen LogP contribution in [-0.2, 0) is 12.6 Å². The predicted octanol–water partition coefficient (Wildman–Crippen LogP) is 3.91.